The number of alkyl halides is 3. The molecule has 0 saturated carbocycles. The lowest BCUT2D eigenvalue weighted by Crippen LogP contribution is -2.13. The maximum Gasteiger partial charge on any atom is 0.389 e. The third-order valence-corrected chi connectivity index (χ3v) is 2.53. The zero-order chi connectivity index (χ0) is 14.1. The van der Waals surface area contributed by atoms with Crippen molar-refractivity contribution in [1.29, 1.82) is 0 Å². The first-order valence-electron chi connectivity index (χ1n) is 6.42. The molecule has 1 rings (SSSR count). The molecule has 0 aliphatic rings. The molecular formula is C12H20F3N3O. The van der Waals surface area contributed by atoms with E-state index < -0.39 is 12.6 Å². The summed E-state index contributed by atoms with van der Waals surface area (Å²) in [4.78, 5) is 4.08. The first kappa shape index (κ1) is 15.8. The Kier molecular flexibility index (Phi) is 6.69. The lowest BCUT2D eigenvalue weighted by molar-refractivity contribution is -0.134. The van der Waals surface area contributed by atoms with Crippen LogP contribution in [0.3, 0.4) is 0 Å². The summed E-state index contributed by atoms with van der Waals surface area (Å²) in [6, 6.07) is 0. The van der Waals surface area contributed by atoms with E-state index >= 15 is 0 Å². The minimum atomic E-state index is -4.09. The Morgan fingerprint density at radius 2 is 2.16 bits per heavy atom. The van der Waals surface area contributed by atoms with Crippen LogP contribution in [0.5, 0.6) is 0 Å². The van der Waals surface area contributed by atoms with Crippen molar-refractivity contribution in [1.82, 2.24) is 9.55 Å². The minimum Gasteiger partial charge on any atom is -0.382 e. The predicted octanol–water partition coefficient (Wildman–Crippen LogP) is 3.06. The lowest BCUT2D eigenvalue weighted by Gasteiger charge is -2.10. The fourth-order valence-electron chi connectivity index (χ4n) is 1.63. The fourth-order valence-corrected chi connectivity index (χ4v) is 1.63. The highest BCUT2D eigenvalue weighted by Crippen LogP contribution is 2.21. The van der Waals surface area contributed by atoms with E-state index in [1.807, 2.05) is 11.5 Å². The second kappa shape index (κ2) is 8.04. The molecular weight excluding hydrogens is 259 g/mol. The van der Waals surface area contributed by atoms with Crippen LogP contribution in [-0.2, 0) is 11.3 Å². The molecule has 0 aliphatic heterocycles. The van der Waals surface area contributed by atoms with Crippen molar-refractivity contribution in [2.75, 3.05) is 25.1 Å². The van der Waals surface area contributed by atoms with Crippen molar-refractivity contribution in [3.8, 4) is 0 Å². The monoisotopic (exact) mass is 279 g/mol. The maximum absolute atomic E-state index is 12.0. The molecule has 0 bridgehead atoms. The van der Waals surface area contributed by atoms with E-state index in [1.54, 1.807) is 12.4 Å². The van der Waals surface area contributed by atoms with E-state index in [9.17, 15) is 13.2 Å². The summed E-state index contributed by atoms with van der Waals surface area (Å²) in [5.41, 5.74) is 0. The van der Waals surface area contributed by atoms with Crippen LogP contribution in [0.2, 0.25) is 0 Å². The maximum atomic E-state index is 12.0. The molecule has 0 unspecified atom stereocenters. The molecule has 7 heteroatoms. The Morgan fingerprint density at radius 3 is 2.84 bits per heavy atom. The van der Waals surface area contributed by atoms with Crippen LogP contribution >= 0.6 is 0 Å². The van der Waals surface area contributed by atoms with E-state index in [0.717, 1.165) is 13.0 Å². The van der Waals surface area contributed by atoms with Crippen LogP contribution in [0.15, 0.2) is 12.4 Å². The highest BCUT2D eigenvalue weighted by Gasteiger charge is 2.25. The van der Waals surface area contributed by atoms with Gasteiger partial charge in [0.05, 0.1) is 0 Å². The molecule has 1 heterocycles. The molecule has 0 aliphatic carbocycles. The number of nitrogens with zero attached hydrogens (tertiary/aromatic N) is 2. The highest BCUT2D eigenvalue weighted by molar-refractivity contribution is 5.25. The number of nitrogens with one attached hydrogen (secondary N) is 1. The Bertz CT molecular complexity index is 352. The zero-order valence-corrected chi connectivity index (χ0v) is 11.0. The van der Waals surface area contributed by atoms with Crippen molar-refractivity contribution in [3.05, 3.63) is 12.4 Å². The standard InChI is InChI=1S/C12H20F3N3O/c1-2-19-10-4-8-18-9-7-17-11(18)16-6-3-5-12(13,14)15/h7,9H,2-6,8,10H2,1H3,(H,16,17). The van der Waals surface area contributed by atoms with E-state index in [1.165, 1.54) is 0 Å². The smallest absolute Gasteiger partial charge is 0.382 e. The van der Waals surface area contributed by atoms with Crippen molar-refractivity contribution >= 4 is 5.95 Å². The average molecular weight is 279 g/mol. The average Bonchev–Trinajstić information content (AvgIpc) is 2.77. The molecule has 110 valence electrons. The van der Waals surface area contributed by atoms with Gasteiger partial charge in [-0.2, -0.15) is 13.2 Å². The van der Waals surface area contributed by atoms with Crippen LogP contribution in [0, 0.1) is 0 Å². The van der Waals surface area contributed by atoms with Gasteiger partial charge in [0.25, 0.3) is 0 Å². The molecule has 0 amide bonds. The summed E-state index contributed by atoms with van der Waals surface area (Å²) in [6.45, 7) is 4.29. The molecule has 0 atom stereocenters. The van der Waals surface area contributed by atoms with Crippen molar-refractivity contribution in [2.45, 2.75) is 38.9 Å². The van der Waals surface area contributed by atoms with Gasteiger partial charge in [-0.05, 0) is 19.8 Å². The zero-order valence-electron chi connectivity index (χ0n) is 11.0. The van der Waals surface area contributed by atoms with Crippen LogP contribution in [0.1, 0.15) is 26.2 Å². The van der Waals surface area contributed by atoms with Crippen molar-refractivity contribution in [2.24, 2.45) is 0 Å². The molecule has 1 aromatic heterocycles. The number of rotatable bonds is 9. The summed E-state index contributed by atoms with van der Waals surface area (Å²) in [7, 11) is 0. The summed E-state index contributed by atoms with van der Waals surface area (Å²) >= 11 is 0. The number of hydrogen-bond donors (Lipinski definition) is 1. The number of hydrogen-bond acceptors (Lipinski definition) is 3. The normalized spacial score (nSPS) is 11.8. The Hall–Kier alpha value is -1.24. The minimum absolute atomic E-state index is 0.0509. The first-order valence-corrected chi connectivity index (χ1v) is 6.42. The summed E-state index contributed by atoms with van der Waals surface area (Å²) in [5.74, 6) is 0.610. The van der Waals surface area contributed by atoms with Gasteiger partial charge in [0.1, 0.15) is 0 Å². The molecule has 19 heavy (non-hydrogen) atoms. The Morgan fingerprint density at radius 1 is 1.37 bits per heavy atom. The quantitative estimate of drug-likeness (QED) is 0.706. The third-order valence-electron chi connectivity index (χ3n) is 2.53. The van der Waals surface area contributed by atoms with Crippen molar-refractivity contribution < 1.29 is 17.9 Å². The predicted molar refractivity (Wildman–Crippen MR) is 67.1 cm³/mol. The molecule has 0 saturated heterocycles. The van der Waals surface area contributed by atoms with Gasteiger partial charge in [0.15, 0.2) is 0 Å². The van der Waals surface area contributed by atoms with Gasteiger partial charge in [-0.3, -0.25) is 0 Å². The molecule has 1 N–H and O–H groups in total. The van der Waals surface area contributed by atoms with Gasteiger partial charge < -0.3 is 14.6 Å². The van der Waals surface area contributed by atoms with Crippen molar-refractivity contribution in [3.63, 3.8) is 0 Å². The van der Waals surface area contributed by atoms with E-state index in [-0.39, 0.29) is 13.0 Å². The number of halogens is 3. The second-order valence-electron chi connectivity index (χ2n) is 4.14. The number of aryl methyl sites for hydroxylation is 1. The molecule has 4 nitrogen and oxygen atoms in total. The van der Waals surface area contributed by atoms with Gasteiger partial charge in [-0.25, -0.2) is 4.98 Å². The lowest BCUT2D eigenvalue weighted by atomic mass is 10.3. The number of imidazole rings is 1. The largest absolute Gasteiger partial charge is 0.389 e. The number of ether oxygens (including phenoxy) is 1. The number of anilines is 1. The van der Waals surface area contributed by atoms with Gasteiger partial charge in [-0.1, -0.05) is 0 Å². The van der Waals surface area contributed by atoms with E-state index in [0.29, 0.717) is 19.2 Å². The molecule has 0 fully saturated rings. The van der Waals surface area contributed by atoms with Gasteiger partial charge >= 0.3 is 6.18 Å². The SMILES string of the molecule is CCOCCCn1ccnc1NCCCC(F)(F)F. The van der Waals surface area contributed by atoms with E-state index in [2.05, 4.69) is 10.3 Å². The molecule has 0 spiro atoms. The van der Waals surface area contributed by atoms with Crippen LogP contribution in [0.25, 0.3) is 0 Å². The fraction of sp³-hybridized carbons (Fsp3) is 0.750. The second-order valence-corrected chi connectivity index (χ2v) is 4.14. The first-order chi connectivity index (χ1) is 9.03. The molecule has 0 aromatic carbocycles. The summed E-state index contributed by atoms with van der Waals surface area (Å²) in [5, 5.41) is 2.92. The third kappa shape index (κ3) is 7.05. The van der Waals surface area contributed by atoms with Gasteiger partial charge in [-0.15, -0.1) is 0 Å². The molecule has 1 aromatic rings. The summed E-state index contributed by atoms with van der Waals surface area (Å²) in [6.07, 6.45) is -0.527. The topological polar surface area (TPSA) is 39.1 Å². The summed E-state index contributed by atoms with van der Waals surface area (Å²) < 4.78 is 43.0. The Labute approximate surface area is 111 Å². The van der Waals surface area contributed by atoms with Gasteiger partial charge in [0, 0.05) is 45.1 Å². The van der Waals surface area contributed by atoms with Crippen LogP contribution < -0.4 is 5.32 Å². The van der Waals surface area contributed by atoms with Crippen LogP contribution in [-0.4, -0.2) is 35.5 Å². The Balaban J connectivity index is 2.24. The highest BCUT2D eigenvalue weighted by atomic mass is 19.4. The molecule has 0 radical (unpaired) electrons. The van der Waals surface area contributed by atoms with E-state index in [4.69, 9.17) is 4.74 Å². The van der Waals surface area contributed by atoms with Gasteiger partial charge in [0.2, 0.25) is 5.95 Å². The number of aromatic nitrogens is 2. The van der Waals surface area contributed by atoms with Crippen LogP contribution in [0.4, 0.5) is 19.1 Å².